The normalized spacial score (nSPS) is 25.2. The molecule has 2 unspecified atom stereocenters. The smallest absolute Gasteiger partial charge is 0.353 e. The molecule has 3 rings (SSSR count). The Balaban J connectivity index is 1.82. The highest BCUT2D eigenvalue weighted by Gasteiger charge is 2.60. The van der Waals surface area contributed by atoms with Crippen molar-refractivity contribution in [2.45, 2.75) is 38.4 Å². The van der Waals surface area contributed by atoms with Crippen molar-refractivity contribution >= 4 is 29.4 Å². The molecule has 8 heteroatoms. The number of nitrogens with two attached hydrogens (primary N) is 1. The molecule has 0 aliphatic carbocycles. The van der Waals surface area contributed by atoms with Gasteiger partial charge in [0.05, 0.1) is 6.04 Å². The van der Waals surface area contributed by atoms with Gasteiger partial charge in [0.15, 0.2) is 0 Å². The molecule has 0 aromatic heterocycles. The SMILES string of the molecule is CC1(C)CC(Cl)=C(C(=O)O)N2C(=O)C(NC(=O)[C@H](N)c3ccccc3)C21. The number of benzene rings is 1. The molecule has 7 nitrogen and oxygen atoms in total. The topological polar surface area (TPSA) is 113 Å². The van der Waals surface area contributed by atoms with Crippen molar-refractivity contribution < 1.29 is 19.5 Å². The Kier molecular flexibility index (Phi) is 4.54. The number of carboxylic acid groups (broad SMARTS) is 1. The second-order valence-electron chi connectivity index (χ2n) is 7.25. The molecule has 1 aromatic rings. The van der Waals surface area contributed by atoms with Gasteiger partial charge < -0.3 is 16.2 Å². The minimum Gasteiger partial charge on any atom is -0.477 e. The summed E-state index contributed by atoms with van der Waals surface area (Å²) in [6.07, 6.45) is 0.307. The lowest BCUT2D eigenvalue weighted by Gasteiger charge is -2.56. The van der Waals surface area contributed by atoms with Crippen LogP contribution in [0.15, 0.2) is 41.1 Å². The molecule has 2 heterocycles. The second kappa shape index (κ2) is 6.41. The molecule has 2 aliphatic rings. The predicted octanol–water partition coefficient (Wildman–Crippen LogP) is 1.35. The van der Waals surface area contributed by atoms with Gasteiger partial charge in [-0.05, 0) is 17.4 Å². The summed E-state index contributed by atoms with van der Waals surface area (Å²) in [6.45, 7) is 3.77. The van der Waals surface area contributed by atoms with Crippen molar-refractivity contribution in [3.63, 3.8) is 0 Å². The molecule has 3 atom stereocenters. The molecule has 0 radical (unpaired) electrons. The first kappa shape index (κ1) is 18.4. The number of carboxylic acids is 1. The third kappa shape index (κ3) is 2.87. The molecule has 0 bridgehead atoms. The Bertz CT molecular complexity index is 806. The van der Waals surface area contributed by atoms with E-state index in [4.69, 9.17) is 17.3 Å². The van der Waals surface area contributed by atoms with Crippen LogP contribution in [0.2, 0.25) is 0 Å². The van der Waals surface area contributed by atoms with Crippen molar-refractivity contribution in [1.29, 1.82) is 0 Å². The molecule has 0 saturated carbocycles. The maximum absolute atomic E-state index is 12.6. The van der Waals surface area contributed by atoms with E-state index in [0.717, 1.165) is 0 Å². The number of fused-ring (bicyclic) bond motifs is 1. The first-order valence-electron chi connectivity index (χ1n) is 8.21. The van der Waals surface area contributed by atoms with Crippen molar-refractivity contribution in [1.82, 2.24) is 10.2 Å². The van der Waals surface area contributed by atoms with Crippen molar-refractivity contribution in [2.75, 3.05) is 0 Å². The number of hydrogen-bond acceptors (Lipinski definition) is 4. The van der Waals surface area contributed by atoms with Gasteiger partial charge in [-0.3, -0.25) is 14.5 Å². The van der Waals surface area contributed by atoms with E-state index in [9.17, 15) is 19.5 Å². The van der Waals surface area contributed by atoms with Crippen LogP contribution < -0.4 is 11.1 Å². The van der Waals surface area contributed by atoms with Gasteiger partial charge in [-0.2, -0.15) is 0 Å². The number of amides is 2. The van der Waals surface area contributed by atoms with Crippen LogP contribution in [0.1, 0.15) is 31.9 Å². The van der Waals surface area contributed by atoms with Crippen LogP contribution >= 0.6 is 11.6 Å². The van der Waals surface area contributed by atoms with Crippen LogP contribution in [0.25, 0.3) is 0 Å². The lowest BCUT2D eigenvalue weighted by atomic mass is 9.69. The third-order valence-electron chi connectivity index (χ3n) is 4.95. The van der Waals surface area contributed by atoms with Crippen molar-refractivity contribution in [2.24, 2.45) is 11.1 Å². The summed E-state index contributed by atoms with van der Waals surface area (Å²) >= 11 is 6.10. The molecule has 1 fully saturated rings. The molecular formula is C18H20ClN3O4. The maximum atomic E-state index is 12.6. The highest BCUT2D eigenvalue weighted by atomic mass is 35.5. The maximum Gasteiger partial charge on any atom is 0.353 e. The lowest BCUT2D eigenvalue weighted by molar-refractivity contribution is -0.162. The Hall–Kier alpha value is -2.38. The van der Waals surface area contributed by atoms with E-state index in [1.807, 2.05) is 19.9 Å². The van der Waals surface area contributed by atoms with Crippen LogP contribution in [0.5, 0.6) is 0 Å². The summed E-state index contributed by atoms with van der Waals surface area (Å²) in [5, 5.41) is 12.2. The van der Waals surface area contributed by atoms with E-state index in [0.29, 0.717) is 12.0 Å². The van der Waals surface area contributed by atoms with Crippen molar-refractivity contribution in [3.05, 3.63) is 46.6 Å². The van der Waals surface area contributed by atoms with Crippen LogP contribution in [0.3, 0.4) is 0 Å². The van der Waals surface area contributed by atoms with Gasteiger partial charge in [0.25, 0.3) is 5.91 Å². The monoisotopic (exact) mass is 377 g/mol. The number of aliphatic carboxylic acids is 1. The summed E-state index contributed by atoms with van der Waals surface area (Å²) in [4.78, 5) is 37.7. The summed E-state index contributed by atoms with van der Waals surface area (Å²) in [6, 6.07) is 6.59. The highest BCUT2D eigenvalue weighted by molar-refractivity contribution is 6.32. The molecule has 2 aliphatic heterocycles. The van der Waals surface area contributed by atoms with Gasteiger partial charge >= 0.3 is 5.97 Å². The Morgan fingerprint density at radius 3 is 2.54 bits per heavy atom. The van der Waals surface area contributed by atoms with Gasteiger partial charge in [-0.1, -0.05) is 55.8 Å². The van der Waals surface area contributed by atoms with E-state index < -0.39 is 41.3 Å². The molecule has 138 valence electrons. The van der Waals surface area contributed by atoms with Gasteiger partial charge in [-0.25, -0.2) is 4.79 Å². The molecular weight excluding hydrogens is 358 g/mol. The Morgan fingerprint density at radius 1 is 1.35 bits per heavy atom. The van der Waals surface area contributed by atoms with Crippen LogP contribution in [-0.2, 0) is 14.4 Å². The quantitative estimate of drug-likeness (QED) is 0.685. The molecule has 4 N–H and O–H groups in total. The van der Waals surface area contributed by atoms with E-state index in [-0.39, 0.29) is 10.7 Å². The van der Waals surface area contributed by atoms with E-state index in [1.54, 1.807) is 24.3 Å². The van der Waals surface area contributed by atoms with Crippen LogP contribution in [0, 0.1) is 5.41 Å². The molecule has 0 spiro atoms. The zero-order valence-electron chi connectivity index (χ0n) is 14.4. The van der Waals surface area contributed by atoms with Gasteiger partial charge in [-0.15, -0.1) is 0 Å². The fourth-order valence-corrected chi connectivity index (χ4v) is 4.19. The van der Waals surface area contributed by atoms with Crippen LogP contribution in [0.4, 0.5) is 0 Å². The number of hydrogen-bond donors (Lipinski definition) is 3. The number of carbonyl (C=O) groups is 3. The largest absolute Gasteiger partial charge is 0.477 e. The van der Waals surface area contributed by atoms with E-state index in [1.165, 1.54) is 4.90 Å². The fraction of sp³-hybridized carbons (Fsp3) is 0.389. The summed E-state index contributed by atoms with van der Waals surface area (Å²) < 4.78 is 0. The van der Waals surface area contributed by atoms with Crippen LogP contribution in [-0.4, -0.2) is 39.9 Å². The first-order chi connectivity index (χ1) is 12.1. The lowest BCUT2D eigenvalue weighted by Crippen LogP contribution is -2.76. The summed E-state index contributed by atoms with van der Waals surface area (Å²) in [7, 11) is 0. The second-order valence-corrected chi connectivity index (χ2v) is 7.71. The zero-order valence-corrected chi connectivity index (χ0v) is 15.2. The predicted molar refractivity (Wildman–Crippen MR) is 94.8 cm³/mol. The van der Waals surface area contributed by atoms with Gasteiger partial charge in [0, 0.05) is 5.03 Å². The average Bonchev–Trinajstić information content (AvgIpc) is 2.58. The number of rotatable bonds is 4. The fourth-order valence-electron chi connectivity index (χ4n) is 3.67. The summed E-state index contributed by atoms with van der Waals surface area (Å²) in [5.74, 6) is -2.23. The highest BCUT2D eigenvalue weighted by Crippen LogP contribution is 2.48. The third-order valence-corrected chi connectivity index (χ3v) is 5.26. The summed E-state index contributed by atoms with van der Waals surface area (Å²) in [5.41, 5.74) is 5.92. The number of β-lactam (4-membered cyclic amide) rings is 1. The minimum atomic E-state index is -1.25. The van der Waals surface area contributed by atoms with Gasteiger partial charge in [0.2, 0.25) is 5.91 Å². The number of halogens is 1. The zero-order chi connectivity index (χ0) is 19.2. The van der Waals surface area contributed by atoms with Crippen molar-refractivity contribution in [3.8, 4) is 0 Å². The molecule has 2 amide bonds. The Morgan fingerprint density at radius 2 is 1.96 bits per heavy atom. The first-order valence-corrected chi connectivity index (χ1v) is 8.59. The number of nitrogens with zero attached hydrogens (tertiary/aromatic N) is 1. The van der Waals surface area contributed by atoms with E-state index in [2.05, 4.69) is 5.32 Å². The number of nitrogens with one attached hydrogen (secondary N) is 1. The average molecular weight is 378 g/mol. The number of allylic oxidation sites excluding steroid dienone is 1. The Labute approximate surface area is 155 Å². The molecule has 1 saturated heterocycles. The molecule has 1 aromatic carbocycles. The van der Waals surface area contributed by atoms with E-state index >= 15 is 0 Å². The number of carbonyl (C=O) groups excluding carboxylic acids is 2. The minimum absolute atomic E-state index is 0.137. The standard InChI is InChI=1S/C18H20ClN3O4/c1-18(2)8-10(19)13(17(25)26)22-14(18)12(16(22)24)21-15(23)11(20)9-6-4-3-5-7-9/h3-7,11-12,14H,8,20H2,1-2H3,(H,21,23)(H,25,26)/t11-,12?,14?/m1/s1. The van der Waals surface area contributed by atoms with Gasteiger partial charge in [0.1, 0.15) is 17.8 Å². The molecule has 26 heavy (non-hydrogen) atoms.